The summed E-state index contributed by atoms with van der Waals surface area (Å²) >= 11 is 3.40. The van der Waals surface area contributed by atoms with Crippen LogP contribution in [0, 0.1) is 12.7 Å². The summed E-state index contributed by atoms with van der Waals surface area (Å²) in [4.78, 5) is 27.9. The van der Waals surface area contributed by atoms with Crippen LogP contribution in [0.2, 0.25) is 0 Å². The molecule has 1 fully saturated rings. The summed E-state index contributed by atoms with van der Waals surface area (Å²) in [7, 11) is -3.80. The summed E-state index contributed by atoms with van der Waals surface area (Å²) in [5.41, 5.74) is 1.80. The summed E-state index contributed by atoms with van der Waals surface area (Å²) < 4.78 is 40.6. The number of sulfonamides is 1. The molecule has 1 N–H and O–H groups in total. The predicted octanol–water partition coefficient (Wildman–Crippen LogP) is 4.14. The van der Waals surface area contributed by atoms with Gasteiger partial charge in [-0.2, -0.15) is 0 Å². The maximum Gasteiger partial charge on any atom is 0.244 e. The Morgan fingerprint density at radius 3 is 2.34 bits per heavy atom. The first-order valence-corrected chi connectivity index (χ1v) is 14.2. The van der Waals surface area contributed by atoms with Crippen LogP contribution in [0.4, 0.5) is 10.1 Å². The van der Waals surface area contributed by atoms with Gasteiger partial charge in [-0.3, -0.25) is 13.9 Å². The zero-order chi connectivity index (χ0) is 25.8. The zero-order valence-electron chi connectivity index (χ0n) is 20.1. The average Bonchev–Trinajstić information content (AvgIpc) is 3.30. The van der Waals surface area contributed by atoms with Crippen molar-refractivity contribution in [1.82, 2.24) is 10.2 Å². The second-order valence-electron chi connectivity index (χ2n) is 9.02. The third-order valence-corrected chi connectivity index (χ3v) is 8.27. The first kappa shape index (κ1) is 27.1. The zero-order valence-corrected chi connectivity index (χ0v) is 22.5. The van der Waals surface area contributed by atoms with Gasteiger partial charge in [0.15, 0.2) is 0 Å². The number of nitrogens with one attached hydrogen (secondary N) is 1. The highest BCUT2D eigenvalue weighted by molar-refractivity contribution is 9.10. The second kappa shape index (κ2) is 11.5. The molecule has 2 aromatic carbocycles. The molecule has 1 aliphatic carbocycles. The van der Waals surface area contributed by atoms with Gasteiger partial charge in [-0.1, -0.05) is 40.9 Å². The maximum absolute atomic E-state index is 13.5. The first-order chi connectivity index (χ1) is 16.5. The largest absolute Gasteiger partial charge is 0.352 e. The second-order valence-corrected chi connectivity index (χ2v) is 11.8. The number of aryl methyl sites for hydroxylation is 1. The molecule has 0 spiro atoms. The van der Waals surface area contributed by atoms with Gasteiger partial charge in [0.2, 0.25) is 21.8 Å². The molecule has 0 aliphatic heterocycles. The molecule has 1 saturated carbocycles. The van der Waals surface area contributed by atoms with Crippen molar-refractivity contribution >= 4 is 43.5 Å². The van der Waals surface area contributed by atoms with Crippen molar-refractivity contribution in [3.63, 3.8) is 0 Å². The average molecular weight is 569 g/mol. The summed E-state index contributed by atoms with van der Waals surface area (Å²) in [5, 5.41) is 3.01. The van der Waals surface area contributed by atoms with Crippen LogP contribution >= 0.6 is 15.9 Å². The lowest BCUT2D eigenvalue weighted by molar-refractivity contribution is -0.139. The van der Waals surface area contributed by atoms with E-state index < -0.39 is 34.3 Å². The Hall–Kier alpha value is -2.46. The van der Waals surface area contributed by atoms with Gasteiger partial charge < -0.3 is 10.2 Å². The molecule has 0 aromatic heterocycles. The van der Waals surface area contributed by atoms with Gasteiger partial charge in [-0.15, -0.1) is 0 Å². The van der Waals surface area contributed by atoms with E-state index in [9.17, 15) is 22.4 Å². The van der Waals surface area contributed by atoms with Crippen LogP contribution in [0.3, 0.4) is 0 Å². The molecule has 2 amide bonds. The molecular formula is C25H31BrFN3O4S. The highest BCUT2D eigenvalue weighted by Gasteiger charge is 2.31. The summed E-state index contributed by atoms with van der Waals surface area (Å²) in [6.07, 6.45) is 4.93. The van der Waals surface area contributed by atoms with E-state index in [1.54, 1.807) is 37.3 Å². The van der Waals surface area contributed by atoms with Gasteiger partial charge in [0.05, 0.1) is 11.9 Å². The molecule has 0 radical (unpaired) electrons. The Morgan fingerprint density at radius 2 is 1.77 bits per heavy atom. The van der Waals surface area contributed by atoms with Gasteiger partial charge in [-0.25, -0.2) is 12.8 Å². The van der Waals surface area contributed by atoms with Crippen LogP contribution in [0.5, 0.6) is 0 Å². The molecule has 35 heavy (non-hydrogen) atoms. The van der Waals surface area contributed by atoms with Crippen molar-refractivity contribution in [1.29, 1.82) is 0 Å². The number of carbonyl (C=O) groups is 2. The molecule has 1 atom stereocenters. The Bertz CT molecular complexity index is 1170. The Morgan fingerprint density at radius 1 is 1.14 bits per heavy atom. The van der Waals surface area contributed by atoms with Crippen molar-refractivity contribution in [2.75, 3.05) is 17.1 Å². The topological polar surface area (TPSA) is 86.8 Å². The Balaban J connectivity index is 1.88. The third kappa shape index (κ3) is 7.27. The van der Waals surface area contributed by atoms with Crippen LogP contribution < -0.4 is 9.62 Å². The molecule has 2 aromatic rings. The van der Waals surface area contributed by atoms with E-state index in [0.717, 1.165) is 46.3 Å². The van der Waals surface area contributed by atoms with E-state index in [-0.39, 0.29) is 18.5 Å². The van der Waals surface area contributed by atoms with E-state index in [1.807, 2.05) is 6.92 Å². The minimum Gasteiger partial charge on any atom is -0.352 e. The number of nitrogens with zero attached hydrogens (tertiary/aromatic N) is 2. The van der Waals surface area contributed by atoms with Gasteiger partial charge in [0.1, 0.15) is 18.4 Å². The third-order valence-electron chi connectivity index (χ3n) is 6.24. The standard InChI is InChI=1S/C25H31BrFN3O4S/c1-17-14-22(12-13-23(17)26)30(35(3,33)34)16-24(31)29(15-19-8-10-20(27)11-9-19)18(2)25(32)28-21-6-4-5-7-21/h8-14,18,21H,4-7,15-16H2,1-3H3,(H,28,32)/t18-/m1/s1. The fraction of sp³-hybridized carbons (Fsp3) is 0.440. The number of benzene rings is 2. The van der Waals surface area contributed by atoms with Crippen molar-refractivity contribution in [3.05, 3.63) is 63.9 Å². The molecule has 0 saturated heterocycles. The van der Waals surface area contributed by atoms with E-state index in [0.29, 0.717) is 11.3 Å². The van der Waals surface area contributed by atoms with E-state index in [2.05, 4.69) is 21.2 Å². The van der Waals surface area contributed by atoms with Crippen LogP contribution in [0.25, 0.3) is 0 Å². The molecule has 0 unspecified atom stereocenters. The fourth-order valence-corrected chi connectivity index (χ4v) is 5.25. The molecular weight excluding hydrogens is 537 g/mol. The van der Waals surface area contributed by atoms with E-state index in [4.69, 9.17) is 0 Å². The van der Waals surface area contributed by atoms with Gasteiger partial charge in [0.25, 0.3) is 0 Å². The molecule has 1 aliphatic rings. The van der Waals surface area contributed by atoms with Crippen molar-refractivity contribution in [3.8, 4) is 0 Å². The summed E-state index contributed by atoms with van der Waals surface area (Å²) in [6, 6.07) is 9.91. The molecule has 3 rings (SSSR count). The van der Waals surface area contributed by atoms with Gasteiger partial charge in [0, 0.05) is 17.1 Å². The monoisotopic (exact) mass is 567 g/mol. The molecule has 10 heteroatoms. The van der Waals surface area contributed by atoms with E-state index in [1.165, 1.54) is 17.0 Å². The SMILES string of the molecule is Cc1cc(N(CC(=O)N(Cc2ccc(F)cc2)[C@H](C)C(=O)NC2CCCC2)S(C)(=O)=O)ccc1Br. The number of halogens is 2. The van der Waals surface area contributed by atoms with Crippen LogP contribution in [0.1, 0.15) is 43.7 Å². The lowest BCUT2D eigenvalue weighted by Crippen LogP contribution is -2.52. The minimum atomic E-state index is -3.80. The summed E-state index contributed by atoms with van der Waals surface area (Å²) in [5.74, 6) is -1.24. The van der Waals surface area contributed by atoms with Gasteiger partial charge >= 0.3 is 0 Å². The van der Waals surface area contributed by atoms with Crippen LogP contribution in [0.15, 0.2) is 46.9 Å². The smallest absolute Gasteiger partial charge is 0.244 e. The van der Waals surface area contributed by atoms with Crippen molar-refractivity contribution < 1.29 is 22.4 Å². The molecule has 7 nitrogen and oxygen atoms in total. The molecule has 0 heterocycles. The van der Waals surface area contributed by atoms with Crippen molar-refractivity contribution in [2.45, 2.75) is 58.2 Å². The maximum atomic E-state index is 13.5. The number of hydrogen-bond acceptors (Lipinski definition) is 4. The minimum absolute atomic E-state index is 0.0370. The van der Waals surface area contributed by atoms with Crippen molar-refractivity contribution in [2.24, 2.45) is 0 Å². The predicted molar refractivity (Wildman–Crippen MR) is 138 cm³/mol. The Kier molecular flexibility index (Phi) is 8.93. The molecule has 0 bridgehead atoms. The normalized spacial score (nSPS) is 15.0. The van der Waals surface area contributed by atoms with Crippen LogP contribution in [-0.4, -0.2) is 50.0 Å². The lowest BCUT2D eigenvalue weighted by atomic mass is 10.1. The van der Waals surface area contributed by atoms with E-state index >= 15 is 0 Å². The lowest BCUT2D eigenvalue weighted by Gasteiger charge is -2.32. The van der Waals surface area contributed by atoms with Crippen LogP contribution in [-0.2, 0) is 26.2 Å². The Labute approximate surface area is 214 Å². The number of anilines is 1. The molecule has 190 valence electrons. The quantitative estimate of drug-likeness (QED) is 0.493. The summed E-state index contributed by atoms with van der Waals surface area (Å²) in [6.45, 7) is 3.02. The highest BCUT2D eigenvalue weighted by Crippen LogP contribution is 2.25. The van der Waals surface area contributed by atoms with Gasteiger partial charge in [-0.05, 0) is 68.1 Å². The number of amides is 2. The number of hydrogen-bond donors (Lipinski definition) is 1. The number of carbonyl (C=O) groups excluding carboxylic acids is 2. The fourth-order valence-electron chi connectivity index (χ4n) is 4.16. The number of rotatable bonds is 9. The first-order valence-electron chi connectivity index (χ1n) is 11.5. The highest BCUT2D eigenvalue weighted by atomic mass is 79.9.